The maximum absolute atomic E-state index is 12.9. The second-order valence-corrected chi connectivity index (χ2v) is 6.31. The number of pyridine rings is 1. The van der Waals surface area contributed by atoms with Gasteiger partial charge in [-0.3, -0.25) is 9.78 Å². The first-order valence-electron chi connectivity index (χ1n) is 8.51. The van der Waals surface area contributed by atoms with Gasteiger partial charge in [-0.05, 0) is 29.8 Å². The van der Waals surface area contributed by atoms with E-state index in [1.165, 1.54) is 24.5 Å². The summed E-state index contributed by atoms with van der Waals surface area (Å²) in [6.45, 7) is 0.435. The highest BCUT2D eigenvalue weighted by Gasteiger charge is 2.30. The molecular formula is C21H18F3N3O. The van der Waals surface area contributed by atoms with Crippen molar-refractivity contribution in [2.24, 2.45) is 0 Å². The molecule has 0 spiro atoms. The predicted molar refractivity (Wildman–Crippen MR) is 101 cm³/mol. The normalized spacial score (nSPS) is 11.1. The summed E-state index contributed by atoms with van der Waals surface area (Å²) in [6.07, 6.45) is -1.54. The molecule has 28 heavy (non-hydrogen) atoms. The topological polar surface area (TPSA) is 45.2 Å². The number of aromatic nitrogens is 1. The zero-order valence-electron chi connectivity index (χ0n) is 15.1. The van der Waals surface area contributed by atoms with Gasteiger partial charge in [-0.2, -0.15) is 13.2 Å². The SMILES string of the molecule is CN(Cc1ccccc1)C(=O)c1cncc(Nc2cccc(C(F)(F)F)c2)c1. The molecule has 7 heteroatoms. The molecule has 0 aliphatic rings. The average Bonchev–Trinajstić information content (AvgIpc) is 2.68. The number of carbonyl (C=O) groups is 1. The Labute approximate surface area is 160 Å². The van der Waals surface area contributed by atoms with Crippen molar-refractivity contribution in [2.45, 2.75) is 12.7 Å². The highest BCUT2D eigenvalue weighted by atomic mass is 19.4. The van der Waals surface area contributed by atoms with Gasteiger partial charge in [0.1, 0.15) is 0 Å². The van der Waals surface area contributed by atoms with E-state index in [1.807, 2.05) is 30.3 Å². The summed E-state index contributed by atoms with van der Waals surface area (Å²) in [5.41, 5.74) is 1.28. The van der Waals surface area contributed by atoms with Gasteiger partial charge in [0, 0.05) is 25.5 Å². The number of rotatable bonds is 5. The van der Waals surface area contributed by atoms with Gasteiger partial charge in [-0.15, -0.1) is 0 Å². The molecule has 1 heterocycles. The number of hydrogen-bond donors (Lipinski definition) is 1. The molecule has 3 aromatic rings. The number of amides is 1. The molecule has 0 radical (unpaired) electrons. The summed E-state index contributed by atoms with van der Waals surface area (Å²) in [6, 6.07) is 16.0. The first kappa shape index (κ1) is 19.4. The first-order chi connectivity index (χ1) is 13.3. The van der Waals surface area contributed by atoms with Gasteiger partial charge < -0.3 is 10.2 Å². The first-order valence-corrected chi connectivity index (χ1v) is 8.51. The Morgan fingerprint density at radius 3 is 2.46 bits per heavy atom. The minimum atomic E-state index is -4.42. The maximum Gasteiger partial charge on any atom is 0.416 e. The van der Waals surface area contributed by atoms with E-state index in [1.54, 1.807) is 18.0 Å². The van der Waals surface area contributed by atoms with Gasteiger partial charge in [-0.1, -0.05) is 36.4 Å². The van der Waals surface area contributed by atoms with Gasteiger partial charge in [0.25, 0.3) is 5.91 Å². The van der Waals surface area contributed by atoms with Crippen LogP contribution in [-0.2, 0) is 12.7 Å². The van der Waals surface area contributed by atoms with Crippen molar-refractivity contribution in [1.29, 1.82) is 0 Å². The summed E-state index contributed by atoms with van der Waals surface area (Å²) in [5, 5.41) is 2.87. The van der Waals surface area contributed by atoms with Crippen LogP contribution in [0.1, 0.15) is 21.5 Å². The molecule has 0 saturated heterocycles. The van der Waals surface area contributed by atoms with Crippen molar-refractivity contribution in [2.75, 3.05) is 12.4 Å². The molecule has 1 amide bonds. The average molecular weight is 385 g/mol. The third-order valence-corrected chi connectivity index (χ3v) is 4.07. The van der Waals surface area contributed by atoms with Gasteiger partial charge in [-0.25, -0.2) is 0 Å². The highest BCUT2D eigenvalue weighted by Crippen LogP contribution is 2.31. The lowest BCUT2D eigenvalue weighted by Crippen LogP contribution is -2.26. The Bertz CT molecular complexity index is 958. The second kappa shape index (κ2) is 8.12. The fourth-order valence-corrected chi connectivity index (χ4v) is 2.71. The Kier molecular flexibility index (Phi) is 5.63. The summed E-state index contributed by atoms with van der Waals surface area (Å²) >= 11 is 0. The van der Waals surface area contributed by atoms with E-state index < -0.39 is 11.7 Å². The minimum absolute atomic E-state index is 0.232. The third-order valence-electron chi connectivity index (χ3n) is 4.07. The molecule has 0 unspecified atom stereocenters. The summed E-state index contributed by atoms with van der Waals surface area (Å²) in [5.74, 6) is -0.232. The number of halogens is 3. The number of hydrogen-bond acceptors (Lipinski definition) is 3. The molecule has 1 aromatic heterocycles. The Morgan fingerprint density at radius 2 is 1.75 bits per heavy atom. The lowest BCUT2D eigenvalue weighted by Gasteiger charge is -2.18. The van der Waals surface area contributed by atoms with E-state index in [-0.39, 0.29) is 11.6 Å². The quantitative estimate of drug-likeness (QED) is 0.663. The van der Waals surface area contributed by atoms with Crippen LogP contribution in [0.25, 0.3) is 0 Å². The number of nitrogens with zero attached hydrogens (tertiary/aromatic N) is 2. The van der Waals surface area contributed by atoms with Crippen molar-refractivity contribution in [3.05, 3.63) is 89.7 Å². The van der Waals surface area contributed by atoms with Gasteiger partial charge in [0.05, 0.1) is 23.0 Å². The van der Waals surface area contributed by atoms with Crippen LogP contribution >= 0.6 is 0 Å². The summed E-state index contributed by atoms with van der Waals surface area (Å²) in [7, 11) is 1.68. The zero-order chi connectivity index (χ0) is 20.1. The third kappa shape index (κ3) is 4.88. The van der Waals surface area contributed by atoms with Crippen LogP contribution in [0.5, 0.6) is 0 Å². The van der Waals surface area contributed by atoms with Crippen LogP contribution in [0.4, 0.5) is 24.5 Å². The van der Waals surface area contributed by atoms with Crippen LogP contribution in [0.15, 0.2) is 73.1 Å². The monoisotopic (exact) mass is 385 g/mol. The Balaban J connectivity index is 1.74. The van der Waals surface area contributed by atoms with E-state index >= 15 is 0 Å². The smallest absolute Gasteiger partial charge is 0.354 e. The van der Waals surface area contributed by atoms with Crippen LogP contribution in [0, 0.1) is 0 Å². The molecule has 0 aliphatic carbocycles. The molecule has 1 N–H and O–H groups in total. The number of nitrogens with one attached hydrogen (secondary N) is 1. The van der Waals surface area contributed by atoms with Crippen LogP contribution in [0.2, 0.25) is 0 Å². The molecule has 0 saturated carbocycles. The van der Waals surface area contributed by atoms with Crippen LogP contribution in [-0.4, -0.2) is 22.8 Å². The van der Waals surface area contributed by atoms with Crippen LogP contribution in [0.3, 0.4) is 0 Å². The van der Waals surface area contributed by atoms with E-state index in [0.717, 1.165) is 17.7 Å². The number of alkyl halides is 3. The number of anilines is 2. The summed E-state index contributed by atoms with van der Waals surface area (Å²) < 4.78 is 38.6. The molecule has 0 bridgehead atoms. The standard InChI is InChI=1S/C21H18F3N3O/c1-27(14-15-6-3-2-4-7-15)20(28)16-10-19(13-25-12-16)26-18-9-5-8-17(11-18)21(22,23)24/h2-13,26H,14H2,1H3. The van der Waals surface area contributed by atoms with Crippen molar-refractivity contribution in [3.8, 4) is 0 Å². The second-order valence-electron chi connectivity index (χ2n) is 6.31. The Hall–Kier alpha value is -3.35. The van der Waals surface area contributed by atoms with Crippen LogP contribution < -0.4 is 5.32 Å². The fourth-order valence-electron chi connectivity index (χ4n) is 2.71. The van der Waals surface area contributed by atoms with E-state index in [2.05, 4.69) is 10.3 Å². The highest BCUT2D eigenvalue weighted by molar-refractivity contribution is 5.94. The van der Waals surface area contributed by atoms with E-state index in [4.69, 9.17) is 0 Å². The predicted octanol–water partition coefficient (Wildman–Crippen LogP) is 5.12. The van der Waals surface area contributed by atoms with Crippen molar-refractivity contribution < 1.29 is 18.0 Å². The van der Waals surface area contributed by atoms with Gasteiger partial charge in [0.2, 0.25) is 0 Å². The number of carbonyl (C=O) groups excluding carboxylic acids is 1. The molecule has 0 aliphatic heterocycles. The molecule has 4 nitrogen and oxygen atoms in total. The fraction of sp³-hybridized carbons (Fsp3) is 0.143. The Morgan fingerprint density at radius 1 is 1.00 bits per heavy atom. The van der Waals surface area contributed by atoms with Gasteiger partial charge in [0.15, 0.2) is 0 Å². The molecule has 0 atom stereocenters. The van der Waals surface area contributed by atoms with Crippen molar-refractivity contribution in [3.63, 3.8) is 0 Å². The molecule has 3 rings (SSSR count). The molecule has 0 fully saturated rings. The zero-order valence-corrected chi connectivity index (χ0v) is 15.1. The van der Waals surface area contributed by atoms with Gasteiger partial charge >= 0.3 is 6.18 Å². The maximum atomic E-state index is 12.9. The number of benzene rings is 2. The van der Waals surface area contributed by atoms with Crippen molar-refractivity contribution >= 4 is 17.3 Å². The largest absolute Gasteiger partial charge is 0.416 e. The lowest BCUT2D eigenvalue weighted by molar-refractivity contribution is -0.137. The van der Waals surface area contributed by atoms with Crippen molar-refractivity contribution in [1.82, 2.24) is 9.88 Å². The van der Waals surface area contributed by atoms with E-state index in [0.29, 0.717) is 17.8 Å². The minimum Gasteiger partial charge on any atom is -0.354 e. The molecule has 2 aromatic carbocycles. The summed E-state index contributed by atoms with van der Waals surface area (Å²) in [4.78, 5) is 18.2. The molecule has 144 valence electrons. The lowest BCUT2D eigenvalue weighted by atomic mass is 10.1. The molecular weight excluding hydrogens is 367 g/mol. The van der Waals surface area contributed by atoms with E-state index in [9.17, 15) is 18.0 Å².